The summed E-state index contributed by atoms with van der Waals surface area (Å²) in [7, 11) is 1.70. The van der Waals surface area contributed by atoms with Crippen molar-refractivity contribution in [1.29, 1.82) is 0 Å². The van der Waals surface area contributed by atoms with Gasteiger partial charge in [0, 0.05) is 26.6 Å². The third kappa shape index (κ3) is 2.97. The number of nitrogens with zero attached hydrogens (tertiary/aromatic N) is 3. The molecule has 0 N–H and O–H groups in total. The van der Waals surface area contributed by atoms with Crippen LogP contribution in [0.2, 0.25) is 0 Å². The predicted molar refractivity (Wildman–Crippen MR) is 95.0 cm³/mol. The number of hydrogen-bond acceptors (Lipinski definition) is 3. The second-order valence-electron chi connectivity index (χ2n) is 7.20. The Morgan fingerprint density at radius 2 is 1.96 bits per heavy atom. The van der Waals surface area contributed by atoms with Crippen LogP contribution in [0.1, 0.15) is 42.0 Å². The molecular formula is C20H25N3O2. The second kappa shape index (κ2) is 6.64. The average molecular weight is 339 g/mol. The first-order valence-electron chi connectivity index (χ1n) is 9.07. The minimum Gasteiger partial charge on any atom is -0.378 e. The summed E-state index contributed by atoms with van der Waals surface area (Å²) >= 11 is 0. The van der Waals surface area contributed by atoms with Gasteiger partial charge in [0.05, 0.1) is 24.5 Å². The van der Waals surface area contributed by atoms with Crippen molar-refractivity contribution in [3.8, 4) is 0 Å². The van der Waals surface area contributed by atoms with E-state index in [1.54, 1.807) is 7.11 Å². The lowest BCUT2D eigenvalue weighted by molar-refractivity contribution is -0.135. The third-order valence-corrected chi connectivity index (χ3v) is 5.59. The molecule has 2 aromatic rings. The fraction of sp³-hybridized carbons (Fsp3) is 0.500. The number of fused-ring (bicyclic) bond motifs is 2. The van der Waals surface area contributed by atoms with E-state index in [9.17, 15) is 4.79 Å². The van der Waals surface area contributed by atoms with Crippen LogP contribution in [-0.4, -0.2) is 34.0 Å². The molecule has 0 saturated carbocycles. The summed E-state index contributed by atoms with van der Waals surface area (Å²) in [5.74, 6) is 1.66. The van der Waals surface area contributed by atoms with Crippen LogP contribution in [-0.2, 0) is 35.5 Å². The number of rotatable bonds is 4. The van der Waals surface area contributed by atoms with Crippen LogP contribution in [0.5, 0.6) is 0 Å². The predicted octanol–water partition coefficient (Wildman–Crippen LogP) is 2.74. The second-order valence-corrected chi connectivity index (χ2v) is 7.20. The summed E-state index contributed by atoms with van der Waals surface area (Å²) in [6, 6.07) is 8.59. The van der Waals surface area contributed by atoms with Crippen LogP contribution in [0.25, 0.3) is 0 Å². The van der Waals surface area contributed by atoms with Crippen LogP contribution in [0.15, 0.2) is 30.5 Å². The lowest BCUT2D eigenvalue weighted by Gasteiger charge is -2.35. The SMILES string of the molecule is COCc1cnc2n1CCN(C(=O)CC1Cc3ccccc3C1)[C@H]2C. The van der Waals surface area contributed by atoms with Crippen LogP contribution >= 0.6 is 0 Å². The molecule has 2 heterocycles. The Morgan fingerprint density at radius 1 is 1.24 bits per heavy atom. The fourth-order valence-electron chi connectivity index (χ4n) is 4.32. The van der Waals surface area contributed by atoms with Crippen molar-refractivity contribution in [3.05, 3.63) is 53.1 Å². The lowest BCUT2D eigenvalue weighted by atomic mass is 10.0. The molecule has 0 spiro atoms. The van der Waals surface area contributed by atoms with Gasteiger partial charge < -0.3 is 14.2 Å². The van der Waals surface area contributed by atoms with E-state index in [1.807, 2.05) is 11.1 Å². The van der Waals surface area contributed by atoms with Gasteiger partial charge in [0.15, 0.2) is 0 Å². The molecule has 1 atom stereocenters. The summed E-state index contributed by atoms with van der Waals surface area (Å²) in [4.78, 5) is 19.5. The molecule has 4 rings (SSSR count). The summed E-state index contributed by atoms with van der Waals surface area (Å²) in [6.45, 7) is 4.19. The van der Waals surface area contributed by atoms with Gasteiger partial charge in [0.25, 0.3) is 0 Å². The molecule has 0 unspecified atom stereocenters. The number of ether oxygens (including phenoxy) is 1. The number of hydrogen-bond donors (Lipinski definition) is 0. The van der Waals surface area contributed by atoms with Gasteiger partial charge in [-0.05, 0) is 36.8 Å². The normalized spacial score (nSPS) is 19.8. The van der Waals surface area contributed by atoms with Crippen LogP contribution < -0.4 is 0 Å². The van der Waals surface area contributed by atoms with E-state index in [0.29, 0.717) is 18.9 Å². The molecule has 5 nitrogen and oxygen atoms in total. The van der Waals surface area contributed by atoms with Crippen molar-refractivity contribution in [1.82, 2.24) is 14.5 Å². The minimum absolute atomic E-state index is 0.0237. The molecule has 0 saturated heterocycles. The Labute approximate surface area is 148 Å². The van der Waals surface area contributed by atoms with E-state index in [0.717, 1.165) is 37.4 Å². The largest absolute Gasteiger partial charge is 0.378 e. The molecule has 1 aromatic heterocycles. The van der Waals surface area contributed by atoms with Crippen LogP contribution in [0.3, 0.4) is 0 Å². The zero-order chi connectivity index (χ0) is 17.4. The minimum atomic E-state index is 0.0237. The molecule has 25 heavy (non-hydrogen) atoms. The zero-order valence-corrected chi connectivity index (χ0v) is 14.9. The number of methoxy groups -OCH3 is 1. The Hall–Kier alpha value is -2.14. The van der Waals surface area contributed by atoms with Gasteiger partial charge >= 0.3 is 0 Å². The maximum atomic E-state index is 12.9. The summed E-state index contributed by atoms with van der Waals surface area (Å²) < 4.78 is 7.44. The Balaban J connectivity index is 1.43. The van der Waals surface area contributed by atoms with E-state index < -0.39 is 0 Å². The number of carbonyl (C=O) groups is 1. The highest BCUT2D eigenvalue weighted by Crippen LogP contribution is 2.31. The van der Waals surface area contributed by atoms with Crippen molar-refractivity contribution in [2.24, 2.45) is 5.92 Å². The molecule has 0 bridgehead atoms. The maximum Gasteiger partial charge on any atom is 0.223 e. The molecule has 1 aromatic carbocycles. The standard InChI is InChI=1S/C20H25N3O2/c1-14-20-21-12-18(13-25-2)23(20)8-7-22(14)19(24)11-15-9-16-5-3-4-6-17(16)10-15/h3-6,12,14-15H,7-11,13H2,1-2H3/t14-/m0/s1. The van der Waals surface area contributed by atoms with Crippen LogP contribution in [0.4, 0.5) is 0 Å². The van der Waals surface area contributed by atoms with Gasteiger partial charge in [-0.1, -0.05) is 24.3 Å². The molecule has 1 aliphatic carbocycles. The topological polar surface area (TPSA) is 47.4 Å². The van der Waals surface area contributed by atoms with Gasteiger partial charge in [-0.2, -0.15) is 0 Å². The first-order chi connectivity index (χ1) is 12.2. The monoisotopic (exact) mass is 339 g/mol. The average Bonchev–Trinajstić information content (AvgIpc) is 3.19. The van der Waals surface area contributed by atoms with E-state index in [-0.39, 0.29) is 11.9 Å². The molecular weight excluding hydrogens is 314 g/mol. The van der Waals surface area contributed by atoms with E-state index in [1.165, 1.54) is 11.1 Å². The quantitative estimate of drug-likeness (QED) is 0.860. The maximum absolute atomic E-state index is 12.9. The zero-order valence-electron chi connectivity index (χ0n) is 14.9. The molecule has 2 aliphatic rings. The number of carbonyl (C=O) groups excluding carboxylic acids is 1. The van der Waals surface area contributed by atoms with E-state index in [4.69, 9.17) is 4.74 Å². The molecule has 1 aliphatic heterocycles. The molecule has 132 valence electrons. The van der Waals surface area contributed by atoms with Crippen molar-refractivity contribution in [2.75, 3.05) is 13.7 Å². The van der Waals surface area contributed by atoms with Gasteiger partial charge in [-0.15, -0.1) is 0 Å². The Kier molecular flexibility index (Phi) is 4.34. The molecule has 0 radical (unpaired) electrons. The number of amides is 1. The van der Waals surface area contributed by atoms with Crippen molar-refractivity contribution >= 4 is 5.91 Å². The number of aromatic nitrogens is 2. The summed E-state index contributed by atoms with van der Waals surface area (Å²) in [5, 5.41) is 0. The van der Waals surface area contributed by atoms with Crippen molar-refractivity contribution in [3.63, 3.8) is 0 Å². The van der Waals surface area contributed by atoms with Gasteiger partial charge in [-0.3, -0.25) is 4.79 Å². The summed E-state index contributed by atoms with van der Waals surface area (Å²) in [6.07, 6.45) is 4.55. The highest BCUT2D eigenvalue weighted by molar-refractivity contribution is 5.77. The third-order valence-electron chi connectivity index (χ3n) is 5.59. The first-order valence-corrected chi connectivity index (χ1v) is 9.07. The van der Waals surface area contributed by atoms with E-state index in [2.05, 4.69) is 40.7 Å². The summed E-state index contributed by atoms with van der Waals surface area (Å²) in [5.41, 5.74) is 3.90. The molecule has 1 amide bonds. The van der Waals surface area contributed by atoms with Gasteiger partial charge in [0.2, 0.25) is 5.91 Å². The van der Waals surface area contributed by atoms with Crippen LogP contribution in [0, 0.1) is 5.92 Å². The van der Waals surface area contributed by atoms with E-state index >= 15 is 0 Å². The lowest BCUT2D eigenvalue weighted by Crippen LogP contribution is -2.42. The Morgan fingerprint density at radius 3 is 2.64 bits per heavy atom. The van der Waals surface area contributed by atoms with Crippen molar-refractivity contribution in [2.45, 2.75) is 45.4 Å². The molecule has 0 fully saturated rings. The number of imidazole rings is 1. The van der Waals surface area contributed by atoms with Crippen molar-refractivity contribution < 1.29 is 9.53 Å². The first kappa shape index (κ1) is 16.3. The fourth-order valence-corrected chi connectivity index (χ4v) is 4.32. The smallest absolute Gasteiger partial charge is 0.223 e. The number of benzene rings is 1. The van der Waals surface area contributed by atoms with Gasteiger partial charge in [0.1, 0.15) is 5.82 Å². The van der Waals surface area contributed by atoms with Gasteiger partial charge in [-0.25, -0.2) is 4.98 Å². The highest BCUT2D eigenvalue weighted by atomic mass is 16.5. The Bertz CT molecular complexity index is 758. The molecule has 5 heteroatoms. The highest BCUT2D eigenvalue weighted by Gasteiger charge is 2.32.